The van der Waals surface area contributed by atoms with Crippen molar-refractivity contribution >= 4 is 11.6 Å². The lowest BCUT2D eigenvalue weighted by atomic mass is 9.46. The normalized spacial score (nSPS) is 45.6. The monoisotopic (exact) mass is 339 g/mol. The molecule has 0 aromatic rings. The third-order valence-corrected chi connectivity index (χ3v) is 8.58. The van der Waals surface area contributed by atoms with Gasteiger partial charge in [-0.15, -0.1) is 0 Å². The smallest absolute Gasteiger partial charge is 0.155 e. The zero-order chi connectivity index (χ0) is 17.8. The van der Waals surface area contributed by atoms with Crippen LogP contribution in [0.3, 0.4) is 0 Å². The zero-order valence-corrected chi connectivity index (χ0v) is 15.5. The predicted molar refractivity (Wildman–Crippen MR) is 95.4 cm³/mol. The Morgan fingerprint density at radius 2 is 2.00 bits per heavy atom. The number of ketones is 2. The molecule has 3 saturated carbocycles. The van der Waals surface area contributed by atoms with Crippen LogP contribution in [0.25, 0.3) is 0 Å². The van der Waals surface area contributed by atoms with Gasteiger partial charge in [-0.3, -0.25) is 9.59 Å². The van der Waals surface area contributed by atoms with E-state index in [2.05, 4.69) is 13.0 Å². The van der Waals surface area contributed by atoms with Gasteiger partial charge in [-0.25, -0.2) is 0 Å². The average molecular weight is 339 g/mol. The van der Waals surface area contributed by atoms with E-state index in [-0.39, 0.29) is 16.7 Å². The molecule has 0 unspecified atom stereocenters. The highest BCUT2D eigenvalue weighted by Gasteiger charge is 2.61. The minimum atomic E-state index is -0.0657. The fourth-order valence-electron chi connectivity index (χ4n) is 7.47. The highest BCUT2D eigenvalue weighted by molar-refractivity contribution is 5.91. The first-order valence-corrected chi connectivity index (χ1v) is 10.0. The summed E-state index contributed by atoms with van der Waals surface area (Å²) in [5, 5.41) is 9.52. The van der Waals surface area contributed by atoms with Gasteiger partial charge in [0, 0.05) is 18.8 Å². The summed E-state index contributed by atoms with van der Waals surface area (Å²) in [5.41, 5.74) is 1.49. The molecule has 4 aliphatic rings. The average Bonchev–Trinajstić information content (AvgIpc) is 2.95. The first-order chi connectivity index (χ1) is 11.9. The molecule has 0 saturated heterocycles. The van der Waals surface area contributed by atoms with Crippen molar-refractivity contribution in [3.63, 3.8) is 0 Å². The number of allylic oxidation sites excluding steroid dienone is 1. The number of nitriles is 1. The van der Waals surface area contributed by atoms with E-state index in [1.807, 2.05) is 6.08 Å². The second-order valence-electron chi connectivity index (χ2n) is 9.32. The fraction of sp³-hybridized carbons (Fsp3) is 0.773. The highest BCUT2D eigenvalue weighted by Crippen LogP contribution is 2.67. The van der Waals surface area contributed by atoms with Crippen molar-refractivity contribution in [3.8, 4) is 6.07 Å². The van der Waals surface area contributed by atoms with E-state index in [1.54, 1.807) is 6.92 Å². The van der Waals surface area contributed by atoms with E-state index >= 15 is 0 Å². The van der Waals surface area contributed by atoms with E-state index in [9.17, 15) is 14.9 Å². The molecule has 0 bridgehead atoms. The van der Waals surface area contributed by atoms with Crippen LogP contribution in [0, 0.1) is 45.8 Å². The molecule has 0 aliphatic heterocycles. The molecule has 4 rings (SSSR count). The molecular weight excluding hydrogens is 310 g/mol. The zero-order valence-electron chi connectivity index (χ0n) is 15.5. The first-order valence-electron chi connectivity index (χ1n) is 10.0. The Labute approximate surface area is 150 Å². The summed E-state index contributed by atoms with van der Waals surface area (Å²) in [6.45, 7) is 4.12. The van der Waals surface area contributed by atoms with Crippen molar-refractivity contribution in [1.82, 2.24) is 0 Å². The van der Waals surface area contributed by atoms with Crippen LogP contribution in [0.2, 0.25) is 0 Å². The number of Topliss-reactive ketones (excluding diaryl/α,β-unsaturated/α-hetero) is 1. The Hall–Kier alpha value is -1.43. The molecule has 134 valence electrons. The summed E-state index contributed by atoms with van der Waals surface area (Å²) in [6.07, 6.45) is 10.6. The third kappa shape index (κ3) is 2.29. The van der Waals surface area contributed by atoms with Crippen molar-refractivity contribution in [2.45, 2.75) is 71.6 Å². The van der Waals surface area contributed by atoms with Crippen molar-refractivity contribution < 1.29 is 9.59 Å². The Balaban J connectivity index is 1.70. The van der Waals surface area contributed by atoms with Crippen LogP contribution >= 0.6 is 0 Å². The Morgan fingerprint density at radius 3 is 2.72 bits per heavy atom. The number of carbonyl (C=O) groups is 2. The minimum Gasteiger partial charge on any atom is -0.300 e. The maximum Gasteiger partial charge on any atom is 0.155 e. The van der Waals surface area contributed by atoms with E-state index < -0.39 is 0 Å². The number of nitrogens with zero attached hydrogens (tertiary/aromatic N) is 1. The molecule has 3 nitrogen and oxygen atoms in total. The van der Waals surface area contributed by atoms with Gasteiger partial charge < -0.3 is 0 Å². The number of rotatable bonds is 2. The first kappa shape index (κ1) is 17.0. The fourth-order valence-corrected chi connectivity index (χ4v) is 7.47. The van der Waals surface area contributed by atoms with E-state index in [1.165, 1.54) is 5.57 Å². The Morgan fingerprint density at radius 1 is 1.20 bits per heavy atom. The molecule has 0 aromatic carbocycles. The molecule has 6 atom stereocenters. The van der Waals surface area contributed by atoms with Gasteiger partial charge in [-0.1, -0.05) is 12.5 Å². The quantitative estimate of drug-likeness (QED) is 0.737. The molecule has 0 aromatic heterocycles. The molecule has 3 fully saturated rings. The van der Waals surface area contributed by atoms with Gasteiger partial charge in [-0.2, -0.15) is 5.26 Å². The van der Waals surface area contributed by atoms with Gasteiger partial charge in [0.05, 0.1) is 6.07 Å². The molecule has 25 heavy (non-hydrogen) atoms. The van der Waals surface area contributed by atoms with E-state index in [0.717, 1.165) is 44.9 Å². The molecule has 0 spiro atoms. The molecular formula is C22H29NO2. The molecule has 0 N–H and O–H groups in total. The number of fused-ring (bicyclic) bond motifs is 5. The van der Waals surface area contributed by atoms with Crippen molar-refractivity contribution in [2.24, 2.45) is 34.5 Å². The van der Waals surface area contributed by atoms with Gasteiger partial charge in [-0.05, 0) is 86.5 Å². The second-order valence-corrected chi connectivity index (χ2v) is 9.32. The Bertz CT molecular complexity index is 687. The lowest BCUT2D eigenvalue weighted by Gasteiger charge is -2.58. The summed E-state index contributed by atoms with van der Waals surface area (Å²) in [5.74, 6) is 2.47. The second kappa shape index (κ2) is 5.79. The van der Waals surface area contributed by atoms with Gasteiger partial charge >= 0.3 is 0 Å². The van der Waals surface area contributed by atoms with Crippen LogP contribution in [-0.4, -0.2) is 11.6 Å². The highest BCUT2D eigenvalue weighted by atomic mass is 16.1. The number of hydrogen-bond acceptors (Lipinski definition) is 3. The lowest BCUT2D eigenvalue weighted by molar-refractivity contribution is -0.129. The SMILES string of the molecule is CC(=O)[C@H]1CC[C@H]2[C@@H]3CCC4=CC(=O)CC[C@@]4(C)[C@@H]3CC[C@]12CC#N. The summed E-state index contributed by atoms with van der Waals surface area (Å²) in [7, 11) is 0. The largest absolute Gasteiger partial charge is 0.300 e. The van der Waals surface area contributed by atoms with Crippen LogP contribution in [0.5, 0.6) is 0 Å². The van der Waals surface area contributed by atoms with Gasteiger partial charge in [0.15, 0.2) is 5.78 Å². The van der Waals surface area contributed by atoms with Crippen LogP contribution in [0.15, 0.2) is 11.6 Å². The maximum absolute atomic E-state index is 12.3. The van der Waals surface area contributed by atoms with Crippen LogP contribution in [0.1, 0.15) is 71.6 Å². The topological polar surface area (TPSA) is 57.9 Å². The molecule has 0 radical (unpaired) electrons. The van der Waals surface area contributed by atoms with Crippen LogP contribution < -0.4 is 0 Å². The molecule has 4 aliphatic carbocycles. The Kier molecular flexibility index (Phi) is 3.94. The minimum absolute atomic E-state index is 0.0657. The summed E-state index contributed by atoms with van der Waals surface area (Å²) < 4.78 is 0. The molecule has 0 amide bonds. The van der Waals surface area contributed by atoms with E-state index in [0.29, 0.717) is 42.2 Å². The van der Waals surface area contributed by atoms with Crippen molar-refractivity contribution in [3.05, 3.63) is 11.6 Å². The van der Waals surface area contributed by atoms with Gasteiger partial charge in [0.1, 0.15) is 5.78 Å². The van der Waals surface area contributed by atoms with Gasteiger partial charge in [0.2, 0.25) is 0 Å². The van der Waals surface area contributed by atoms with Crippen molar-refractivity contribution in [2.75, 3.05) is 0 Å². The van der Waals surface area contributed by atoms with E-state index in [4.69, 9.17) is 0 Å². The van der Waals surface area contributed by atoms with Crippen molar-refractivity contribution in [1.29, 1.82) is 5.26 Å². The van der Waals surface area contributed by atoms with Gasteiger partial charge in [0.25, 0.3) is 0 Å². The third-order valence-electron chi connectivity index (χ3n) is 8.58. The van der Waals surface area contributed by atoms with Crippen LogP contribution in [-0.2, 0) is 9.59 Å². The summed E-state index contributed by atoms with van der Waals surface area (Å²) >= 11 is 0. The van der Waals surface area contributed by atoms with Crippen LogP contribution in [0.4, 0.5) is 0 Å². The molecule has 0 heterocycles. The lowest BCUT2D eigenvalue weighted by Crippen LogP contribution is -2.51. The predicted octanol–water partition coefficient (Wildman–Crippen LogP) is 4.62. The standard InChI is InChI=1S/C22H29NO2/c1-14(24)18-5-6-20-17-4-3-15-13-16(25)7-9-21(15,2)19(17)8-10-22(18,20)11-12-23/h13,17-20H,3-11H2,1-2H3/t17-,18-,19-,20+,21-,22+/m1/s1. The summed E-state index contributed by atoms with van der Waals surface area (Å²) in [6, 6.07) is 2.44. The maximum atomic E-state index is 12.3. The number of hydrogen-bond donors (Lipinski definition) is 0. The molecule has 3 heteroatoms. The number of carbonyl (C=O) groups excluding carboxylic acids is 2. The summed E-state index contributed by atoms with van der Waals surface area (Å²) in [4.78, 5) is 24.2.